The summed E-state index contributed by atoms with van der Waals surface area (Å²) in [5, 5.41) is 12.6. The van der Waals surface area contributed by atoms with Gasteiger partial charge in [-0.15, -0.1) is 0 Å². The van der Waals surface area contributed by atoms with Crippen molar-refractivity contribution in [3.8, 4) is 0 Å². The maximum absolute atomic E-state index is 12.2. The lowest BCUT2D eigenvalue weighted by Gasteiger charge is -2.31. The quantitative estimate of drug-likeness (QED) is 0.743. The summed E-state index contributed by atoms with van der Waals surface area (Å²) in [5.41, 5.74) is 0. The Bertz CT molecular complexity index is 281. The molecule has 0 bridgehead atoms. The van der Waals surface area contributed by atoms with Gasteiger partial charge in [0, 0.05) is 12.1 Å². The number of aliphatic hydroxyl groups excluding tert-OH is 1. The van der Waals surface area contributed by atoms with E-state index in [1.165, 1.54) is 0 Å². The number of hydrogen-bond acceptors (Lipinski definition) is 3. The van der Waals surface area contributed by atoms with E-state index in [-0.39, 0.29) is 24.1 Å². The van der Waals surface area contributed by atoms with Crippen molar-refractivity contribution in [1.82, 2.24) is 10.2 Å². The van der Waals surface area contributed by atoms with E-state index in [1.807, 2.05) is 13.8 Å². The zero-order chi connectivity index (χ0) is 14.4. The number of carbonyl (C=O) groups excluding carboxylic acids is 1. The first kappa shape index (κ1) is 16.4. The Labute approximate surface area is 117 Å². The molecule has 0 radical (unpaired) electrons. The molecular formula is C15H30N2O2. The summed E-state index contributed by atoms with van der Waals surface area (Å²) in [4.78, 5) is 14.5. The summed E-state index contributed by atoms with van der Waals surface area (Å²) in [6.07, 6.45) is 4.80. The lowest BCUT2D eigenvalue weighted by molar-refractivity contribution is -0.127. The third kappa shape index (κ3) is 5.11. The molecule has 1 heterocycles. The highest BCUT2D eigenvalue weighted by Gasteiger charge is 2.32. The average Bonchev–Trinajstić information content (AvgIpc) is 2.75. The Morgan fingerprint density at radius 2 is 2.11 bits per heavy atom. The van der Waals surface area contributed by atoms with E-state index in [1.54, 1.807) is 0 Å². The van der Waals surface area contributed by atoms with Gasteiger partial charge in [-0.3, -0.25) is 9.69 Å². The second kappa shape index (κ2) is 7.85. The standard InChI is InChI=1S/C15H30N2O2/c1-5-7-11(2)16-15(19)13(4)17-9-6-8-14(17)10-12(3)18/h11-14,18H,5-10H2,1-4H3,(H,16,19). The molecule has 1 aliphatic heterocycles. The molecule has 4 atom stereocenters. The highest BCUT2D eigenvalue weighted by Crippen LogP contribution is 2.24. The van der Waals surface area contributed by atoms with Crippen molar-refractivity contribution in [3.05, 3.63) is 0 Å². The van der Waals surface area contributed by atoms with Crippen molar-refractivity contribution < 1.29 is 9.90 Å². The largest absolute Gasteiger partial charge is 0.393 e. The van der Waals surface area contributed by atoms with Gasteiger partial charge in [0.25, 0.3) is 0 Å². The van der Waals surface area contributed by atoms with Crippen molar-refractivity contribution in [1.29, 1.82) is 0 Å². The molecule has 1 amide bonds. The number of nitrogens with zero attached hydrogens (tertiary/aromatic N) is 1. The van der Waals surface area contributed by atoms with E-state index in [0.29, 0.717) is 6.04 Å². The molecule has 0 aromatic carbocycles. The smallest absolute Gasteiger partial charge is 0.237 e. The second-order valence-electron chi connectivity index (χ2n) is 5.99. The highest BCUT2D eigenvalue weighted by atomic mass is 16.3. The summed E-state index contributed by atoms with van der Waals surface area (Å²) >= 11 is 0. The number of nitrogens with one attached hydrogen (secondary N) is 1. The van der Waals surface area contributed by atoms with Gasteiger partial charge in [0.05, 0.1) is 12.1 Å². The fourth-order valence-corrected chi connectivity index (χ4v) is 3.03. The van der Waals surface area contributed by atoms with Crippen LogP contribution in [0.3, 0.4) is 0 Å². The molecule has 0 aromatic heterocycles. The van der Waals surface area contributed by atoms with Gasteiger partial charge >= 0.3 is 0 Å². The molecule has 4 heteroatoms. The molecule has 4 nitrogen and oxygen atoms in total. The van der Waals surface area contributed by atoms with Crippen molar-refractivity contribution in [2.75, 3.05) is 6.54 Å². The molecule has 0 spiro atoms. The van der Waals surface area contributed by atoms with Gasteiger partial charge in [-0.25, -0.2) is 0 Å². The SMILES string of the molecule is CCCC(C)NC(=O)C(C)N1CCCC1CC(C)O. The summed E-state index contributed by atoms with van der Waals surface area (Å²) < 4.78 is 0. The van der Waals surface area contributed by atoms with E-state index in [4.69, 9.17) is 0 Å². The van der Waals surface area contributed by atoms with Crippen LogP contribution in [0.15, 0.2) is 0 Å². The summed E-state index contributed by atoms with van der Waals surface area (Å²) in [5.74, 6) is 0.124. The number of carbonyl (C=O) groups is 1. The van der Waals surface area contributed by atoms with Gasteiger partial charge in [-0.1, -0.05) is 13.3 Å². The second-order valence-corrected chi connectivity index (χ2v) is 5.99. The van der Waals surface area contributed by atoms with Gasteiger partial charge in [-0.2, -0.15) is 0 Å². The Kier molecular flexibility index (Phi) is 6.80. The Hall–Kier alpha value is -0.610. The monoisotopic (exact) mass is 270 g/mol. The molecule has 112 valence electrons. The van der Waals surface area contributed by atoms with Crippen molar-refractivity contribution in [2.45, 2.75) is 84.0 Å². The summed E-state index contributed by atoms with van der Waals surface area (Å²) in [7, 11) is 0. The zero-order valence-electron chi connectivity index (χ0n) is 12.9. The first-order valence-electron chi connectivity index (χ1n) is 7.69. The normalized spacial score (nSPS) is 25.0. The van der Waals surface area contributed by atoms with Gasteiger partial charge in [-0.05, 0) is 53.0 Å². The van der Waals surface area contributed by atoms with Crippen LogP contribution in [0.5, 0.6) is 0 Å². The molecular weight excluding hydrogens is 240 g/mol. The number of hydrogen-bond donors (Lipinski definition) is 2. The maximum atomic E-state index is 12.2. The van der Waals surface area contributed by atoms with Gasteiger partial charge < -0.3 is 10.4 Å². The van der Waals surface area contributed by atoms with E-state index >= 15 is 0 Å². The molecule has 4 unspecified atom stereocenters. The van der Waals surface area contributed by atoms with Crippen LogP contribution in [0.2, 0.25) is 0 Å². The van der Waals surface area contributed by atoms with Crippen LogP contribution >= 0.6 is 0 Å². The molecule has 1 rings (SSSR count). The van der Waals surface area contributed by atoms with Crippen LogP contribution in [-0.2, 0) is 4.79 Å². The number of rotatable bonds is 7. The third-order valence-electron chi connectivity index (χ3n) is 4.02. The number of amides is 1. The Morgan fingerprint density at radius 3 is 2.68 bits per heavy atom. The molecule has 1 saturated heterocycles. The zero-order valence-corrected chi connectivity index (χ0v) is 12.9. The van der Waals surface area contributed by atoms with Crippen LogP contribution in [0.1, 0.15) is 59.8 Å². The third-order valence-corrected chi connectivity index (χ3v) is 4.02. The van der Waals surface area contributed by atoms with E-state index in [2.05, 4.69) is 24.1 Å². The Balaban J connectivity index is 2.50. The van der Waals surface area contributed by atoms with Gasteiger partial charge in [0.2, 0.25) is 5.91 Å². The topological polar surface area (TPSA) is 52.6 Å². The van der Waals surface area contributed by atoms with Crippen LogP contribution in [0.4, 0.5) is 0 Å². The molecule has 19 heavy (non-hydrogen) atoms. The van der Waals surface area contributed by atoms with Gasteiger partial charge in [0.15, 0.2) is 0 Å². The van der Waals surface area contributed by atoms with Gasteiger partial charge in [0.1, 0.15) is 0 Å². The minimum atomic E-state index is -0.292. The average molecular weight is 270 g/mol. The summed E-state index contributed by atoms with van der Waals surface area (Å²) in [6.45, 7) is 8.96. The van der Waals surface area contributed by atoms with Crippen molar-refractivity contribution >= 4 is 5.91 Å². The van der Waals surface area contributed by atoms with Crippen LogP contribution in [-0.4, -0.2) is 46.7 Å². The number of aliphatic hydroxyl groups is 1. The fourth-order valence-electron chi connectivity index (χ4n) is 3.03. The predicted octanol–water partition coefficient (Wildman–Crippen LogP) is 1.91. The molecule has 0 saturated carbocycles. The summed E-state index contributed by atoms with van der Waals surface area (Å²) in [6, 6.07) is 0.505. The van der Waals surface area contributed by atoms with Crippen LogP contribution in [0.25, 0.3) is 0 Å². The molecule has 1 fully saturated rings. The first-order chi connectivity index (χ1) is 8.95. The number of likely N-dealkylation sites (tertiary alicyclic amines) is 1. The molecule has 0 aliphatic carbocycles. The maximum Gasteiger partial charge on any atom is 0.237 e. The lowest BCUT2D eigenvalue weighted by atomic mass is 10.1. The van der Waals surface area contributed by atoms with E-state index in [0.717, 1.165) is 38.6 Å². The highest BCUT2D eigenvalue weighted by molar-refractivity contribution is 5.81. The van der Waals surface area contributed by atoms with Crippen molar-refractivity contribution in [2.24, 2.45) is 0 Å². The molecule has 2 N–H and O–H groups in total. The fraction of sp³-hybridized carbons (Fsp3) is 0.933. The molecule has 1 aliphatic rings. The lowest BCUT2D eigenvalue weighted by Crippen LogP contribution is -2.49. The minimum absolute atomic E-state index is 0.0921. The van der Waals surface area contributed by atoms with Crippen LogP contribution < -0.4 is 5.32 Å². The first-order valence-corrected chi connectivity index (χ1v) is 7.69. The molecule has 0 aromatic rings. The predicted molar refractivity (Wildman–Crippen MR) is 78.0 cm³/mol. The minimum Gasteiger partial charge on any atom is -0.393 e. The Morgan fingerprint density at radius 1 is 1.42 bits per heavy atom. The van der Waals surface area contributed by atoms with Crippen molar-refractivity contribution in [3.63, 3.8) is 0 Å². The van der Waals surface area contributed by atoms with E-state index in [9.17, 15) is 9.90 Å². The van der Waals surface area contributed by atoms with Crippen LogP contribution in [0, 0.1) is 0 Å². The van der Waals surface area contributed by atoms with E-state index < -0.39 is 0 Å².